The van der Waals surface area contributed by atoms with E-state index in [0.717, 1.165) is 18.0 Å². The summed E-state index contributed by atoms with van der Waals surface area (Å²) < 4.78 is 39.9. The lowest BCUT2D eigenvalue weighted by Gasteiger charge is -2.35. The fourth-order valence-electron chi connectivity index (χ4n) is 4.26. The van der Waals surface area contributed by atoms with Crippen LogP contribution in [0.4, 0.5) is 13.2 Å². The van der Waals surface area contributed by atoms with Crippen molar-refractivity contribution in [2.45, 2.75) is 38.6 Å². The predicted octanol–water partition coefficient (Wildman–Crippen LogP) is 4.65. The van der Waals surface area contributed by atoms with Gasteiger partial charge < -0.3 is 15.2 Å². The molecule has 9 heteroatoms. The third-order valence-electron chi connectivity index (χ3n) is 6.35. The number of imidazole rings is 1. The van der Waals surface area contributed by atoms with Crippen LogP contribution >= 0.6 is 0 Å². The highest BCUT2D eigenvalue weighted by Crippen LogP contribution is 2.29. The lowest BCUT2D eigenvalue weighted by Crippen LogP contribution is -2.52. The van der Waals surface area contributed by atoms with Gasteiger partial charge in [0.25, 0.3) is 5.91 Å². The van der Waals surface area contributed by atoms with Gasteiger partial charge in [0.1, 0.15) is 17.7 Å². The molecule has 1 aromatic heterocycles. The molecule has 1 atom stereocenters. The number of piperidine rings is 1. The van der Waals surface area contributed by atoms with Crippen LogP contribution in [0.15, 0.2) is 48.7 Å². The molecule has 4 rings (SSSR count). The summed E-state index contributed by atoms with van der Waals surface area (Å²) in [7, 11) is 0. The topological polar surface area (TPSA) is 78.1 Å². The maximum absolute atomic E-state index is 13.6. The molecule has 2 N–H and O–H groups in total. The Balaban J connectivity index is 1.37. The first-order chi connectivity index (χ1) is 16.7. The monoisotopic (exact) mass is 484 g/mol. The Bertz CT molecular complexity index is 1200. The highest BCUT2D eigenvalue weighted by atomic mass is 19.2. The SMILES string of the molecule is CC(C)[C@H](NC(=O)c1ccc(F)cc1)C(=O)N1CCC(c2ncc(-c3ccc(F)c(F)c3)[nH]2)CC1. The Kier molecular flexibility index (Phi) is 7.23. The van der Waals surface area contributed by atoms with Crippen LogP contribution in [0, 0.1) is 23.4 Å². The molecule has 1 aliphatic rings. The van der Waals surface area contributed by atoms with E-state index in [0.29, 0.717) is 42.8 Å². The van der Waals surface area contributed by atoms with Crippen molar-refractivity contribution in [2.24, 2.45) is 5.92 Å². The second-order valence-electron chi connectivity index (χ2n) is 9.11. The van der Waals surface area contributed by atoms with Crippen molar-refractivity contribution in [3.05, 3.63) is 77.5 Å². The zero-order valence-electron chi connectivity index (χ0n) is 19.5. The molecule has 0 bridgehead atoms. The highest BCUT2D eigenvalue weighted by Gasteiger charge is 2.32. The summed E-state index contributed by atoms with van der Waals surface area (Å²) in [4.78, 5) is 35.2. The third-order valence-corrected chi connectivity index (χ3v) is 6.35. The molecule has 0 aliphatic carbocycles. The van der Waals surface area contributed by atoms with Crippen molar-refractivity contribution in [2.75, 3.05) is 13.1 Å². The number of likely N-dealkylation sites (tertiary alicyclic amines) is 1. The van der Waals surface area contributed by atoms with E-state index in [2.05, 4.69) is 15.3 Å². The van der Waals surface area contributed by atoms with E-state index in [-0.39, 0.29) is 17.7 Å². The number of aromatic amines is 1. The van der Waals surface area contributed by atoms with Gasteiger partial charge in [0.05, 0.1) is 11.9 Å². The summed E-state index contributed by atoms with van der Waals surface area (Å²) >= 11 is 0. The highest BCUT2D eigenvalue weighted by molar-refractivity contribution is 5.97. The summed E-state index contributed by atoms with van der Waals surface area (Å²) in [6.07, 6.45) is 2.94. The number of halogens is 3. The van der Waals surface area contributed by atoms with Crippen LogP contribution < -0.4 is 5.32 Å². The van der Waals surface area contributed by atoms with Gasteiger partial charge in [-0.25, -0.2) is 18.2 Å². The number of carbonyl (C=O) groups is 2. The first-order valence-corrected chi connectivity index (χ1v) is 11.6. The van der Waals surface area contributed by atoms with Crippen LogP contribution in [-0.2, 0) is 4.79 Å². The van der Waals surface area contributed by atoms with E-state index >= 15 is 0 Å². The number of aromatic nitrogens is 2. The Labute approximate surface area is 201 Å². The number of amides is 2. The molecule has 0 unspecified atom stereocenters. The lowest BCUT2D eigenvalue weighted by atomic mass is 9.94. The molecule has 2 heterocycles. The van der Waals surface area contributed by atoms with Crippen molar-refractivity contribution in [1.82, 2.24) is 20.2 Å². The van der Waals surface area contributed by atoms with Gasteiger partial charge in [-0.05, 0) is 61.2 Å². The van der Waals surface area contributed by atoms with E-state index in [1.807, 2.05) is 13.8 Å². The standard InChI is InChI=1S/C26H27F3N4O2/c1-15(2)23(32-25(34)17-3-6-19(27)7-4-17)26(35)33-11-9-16(10-12-33)24-30-14-22(31-24)18-5-8-20(28)21(29)13-18/h3-8,13-16,23H,9-12H2,1-2H3,(H,30,31)(H,32,34)/t23-/m0/s1. The zero-order valence-corrected chi connectivity index (χ0v) is 19.5. The number of benzene rings is 2. The van der Waals surface area contributed by atoms with Crippen molar-refractivity contribution >= 4 is 11.8 Å². The second-order valence-corrected chi connectivity index (χ2v) is 9.11. The van der Waals surface area contributed by atoms with Gasteiger partial charge >= 0.3 is 0 Å². The number of H-pyrrole nitrogens is 1. The number of nitrogens with one attached hydrogen (secondary N) is 2. The maximum Gasteiger partial charge on any atom is 0.251 e. The lowest BCUT2D eigenvalue weighted by molar-refractivity contribution is -0.135. The number of hydrogen-bond donors (Lipinski definition) is 2. The minimum Gasteiger partial charge on any atom is -0.342 e. The van der Waals surface area contributed by atoms with Crippen LogP contribution in [0.2, 0.25) is 0 Å². The average molecular weight is 485 g/mol. The fourth-order valence-corrected chi connectivity index (χ4v) is 4.26. The summed E-state index contributed by atoms with van der Waals surface area (Å²) in [5.41, 5.74) is 1.39. The van der Waals surface area contributed by atoms with Crippen LogP contribution in [0.25, 0.3) is 11.3 Å². The zero-order chi connectivity index (χ0) is 25.1. The number of rotatable bonds is 6. The third kappa shape index (κ3) is 5.55. The minimum atomic E-state index is -0.920. The molecule has 184 valence electrons. The molecular formula is C26H27F3N4O2. The molecule has 1 aliphatic heterocycles. The van der Waals surface area contributed by atoms with Crippen LogP contribution in [0.1, 0.15) is 48.8 Å². The molecule has 1 fully saturated rings. The van der Waals surface area contributed by atoms with Crippen LogP contribution in [0.5, 0.6) is 0 Å². The number of carbonyl (C=O) groups excluding carboxylic acids is 2. The Morgan fingerprint density at radius 1 is 1.03 bits per heavy atom. The fraction of sp³-hybridized carbons (Fsp3) is 0.346. The first kappa shape index (κ1) is 24.5. The largest absolute Gasteiger partial charge is 0.342 e. The molecule has 2 amide bonds. The van der Waals surface area contributed by atoms with Crippen LogP contribution in [-0.4, -0.2) is 45.8 Å². The van der Waals surface area contributed by atoms with Crippen LogP contribution in [0.3, 0.4) is 0 Å². The van der Waals surface area contributed by atoms with Gasteiger partial charge in [0, 0.05) is 30.1 Å². The number of hydrogen-bond acceptors (Lipinski definition) is 3. The predicted molar refractivity (Wildman–Crippen MR) is 125 cm³/mol. The van der Waals surface area contributed by atoms with Crippen molar-refractivity contribution in [1.29, 1.82) is 0 Å². The van der Waals surface area contributed by atoms with E-state index in [1.165, 1.54) is 30.3 Å². The molecule has 1 saturated heterocycles. The quantitative estimate of drug-likeness (QED) is 0.535. The van der Waals surface area contributed by atoms with E-state index in [9.17, 15) is 22.8 Å². The Morgan fingerprint density at radius 3 is 2.34 bits per heavy atom. The Hall–Kier alpha value is -3.62. The van der Waals surface area contributed by atoms with E-state index in [1.54, 1.807) is 11.1 Å². The second kappa shape index (κ2) is 10.3. The van der Waals surface area contributed by atoms with Gasteiger partial charge in [0.15, 0.2) is 11.6 Å². The molecule has 35 heavy (non-hydrogen) atoms. The average Bonchev–Trinajstić information content (AvgIpc) is 3.34. The maximum atomic E-state index is 13.6. The van der Waals surface area contributed by atoms with Gasteiger partial charge in [-0.15, -0.1) is 0 Å². The molecular weight excluding hydrogens is 457 g/mol. The summed E-state index contributed by atoms with van der Waals surface area (Å²) in [5.74, 6) is -2.15. The molecule has 0 radical (unpaired) electrons. The summed E-state index contributed by atoms with van der Waals surface area (Å²) in [5, 5.41) is 2.79. The van der Waals surface area contributed by atoms with Gasteiger partial charge in [-0.3, -0.25) is 9.59 Å². The van der Waals surface area contributed by atoms with Crippen molar-refractivity contribution < 1.29 is 22.8 Å². The molecule has 6 nitrogen and oxygen atoms in total. The normalized spacial score (nSPS) is 15.3. The van der Waals surface area contributed by atoms with Crippen molar-refractivity contribution in [3.8, 4) is 11.3 Å². The Morgan fingerprint density at radius 2 is 1.71 bits per heavy atom. The van der Waals surface area contributed by atoms with Gasteiger partial charge in [-0.1, -0.05) is 13.8 Å². The number of nitrogens with zero attached hydrogens (tertiary/aromatic N) is 2. The first-order valence-electron chi connectivity index (χ1n) is 11.6. The van der Waals surface area contributed by atoms with E-state index < -0.39 is 29.4 Å². The smallest absolute Gasteiger partial charge is 0.251 e. The van der Waals surface area contributed by atoms with Gasteiger partial charge in [-0.2, -0.15) is 0 Å². The molecule has 3 aromatic rings. The molecule has 2 aromatic carbocycles. The molecule has 0 saturated carbocycles. The van der Waals surface area contributed by atoms with Crippen molar-refractivity contribution in [3.63, 3.8) is 0 Å². The molecule has 0 spiro atoms. The minimum absolute atomic E-state index is 0.0874. The summed E-state index contributed by atoms with van der Waals surface area (Å²) in [6, 6.07) is 8.18. The summed E-state index contributed by atoms with van der Waals surface area (Å²) in [6.45, 7) is 4.73. The van der Waals surface area contributed by atoms with Gasteiger partial charge in [0.2, 0.25) is 5.91 Å². The van der Waals surface area contributed by atoms with E-state index in [4.69, 9.17) is 0 Å².